The summed E-state index contributed by atoms with van der Waals surface area (Å²) in [5.41, 5.74) is 2.19. The van der Waals surface area contributed by atoms with E-state index in [0.717, 1.165) is 0 Å². The van der Waals surface area contributed by atoms with Gasteiger partial charge >= 0.3 is 5.97 Å². The highest BCUT2D eigenvalue weighted by atomic mass is 32.1. The summed E-state index contributed by atoms with van der Waals surface area (Å²) in [5.74, 6) is -0.782. The van der Waals surface area contributed by atoms with E-state index in [2.05, 4.69) is 15.5 Å². The molecule has 2 aromatic rings. The van der Waals surface area contributed by atoms with E-state index < -0.39 is 18.0 Å². The van der Waals surface area contributed by atoms with Crippen LogP contribution in [0.15, 0.2) is 29.8 Å². The second kappa shape index (κ2) is 6.10. The van der Waals surface area contributed by atoms with E-state index in [-0.39, 0.29) is 12.3 Å². The molecule has 1 aliphatic rings. The molecule has 1 saturated heterocycles. The molecule has 22 heavy (non-hydrogen) atoms. The predicted octanol–water partition coefficient (Wildman–Crippen LogP) is 1.79. The number of para-hydroxylation sites is 1. The number of hydrogen-bond donors (Lipinski definition) is 1. The molecule has 0 radical (unpaired) electrons. The Morgan fingerprint density at radius 2 is 2.27 bits per heavy atom. The molecule has 8 heteroatoms. The quantitative estimate of drug-likeness (QED) is 0.864. The van der Waals surface area contributed by atoms with Gasteiger partial charge < -0.3 is 14.8 Å². The standard InChI is InChI=1S/C14H13N3O4S/c1-20-10-5-3-2-4-8(10)12-9(6-11(18)21-12)13(19)16-14-17-15-7-22-14/h2-5,7,9,12H,6H2,1H3,(H,16,17,19). The van der Waals surface area contributed by atoms with Crippen LogP contribution in [0.3, 0.4) is 0 Å². The van der Waals surface area contributed by atoms with Gasteiger partial charge in [0.25, 0.3) is 0 Å². The molecule has 0 spiro atoms. The van der Waals surface area contributed by atoms with Crippen LogP contribution >= 0.6 is 11.3 Å². The van der Waals surface area contributed by atoms with Crippen LogP contribution < -0.4 is 10.1 Å². The van der Waals surface area contributed by atoms with Gasteiger partial charge in [-0.1, -0.05) is 29.5 Å². The summed E-state index contributed by atoms with van der Waals surface area (Å²) >= 11 is 1.21. The Hall–Kier alpha value is -2.48. The number of ether oxygens (including phenoxy) is 2. The molecule has 2 heterocycles. The van der Waals surface area contributed by atoms with Gasteiger partial charge in [0, 0.05) is 5.56 Å². The highest BCUT2D eigenvalue weighted by molar-refractivity contribution is 7.13. The number of esters is 1. The largest absolute Gasteiger partial charge is 0.496 e. The smallest absolute Gasteiger partial charge is 0.307 e. The Labute approximate surface area is 130 Å². The van der Waals surface area contributed by atoms with Crippen molar-refractivity contribution in [2.24, 2.45) is 5.92 Å². The van der Waals surface area contributed by atoms with Crippen molar-refractivity contribution in [2.75, 3.05) is 12.4 Å². The molecule has 1 amide bonds. The Morgan fingerprint density at radius 1 is 1.45 bits per heavy atom. The summed E-state index contributed by atoms with van der Waals surface area (Å²) in [4.78, 5) is 24.1. The maximum atomic E-state index is 12.4. The Bertz CT molecular complexity index is 689. The van der Waals surface area contributed by atoms with E-state index in [1.807, 2.05) is 12.1 Å². The lowest BCUT2D eigenvalue weighted by molar-refractivity contribution is -0.141. The summed E-state index contributed by atoms with van der Waals surface area (Å²) in [5, 5.41) is 10.5. The van der Waals surface area contributed by atoms with E-state index in [0.29, 0.717) is 16.4 Å². The minimum Gasteiger partial charge on any atom is -0.496 e. The van der Waals surface area contributed by atoms with Crippen LogP contribution in [0, 0.1) is 5.92 Å². The highest BCUT2D eigenvalue weighted by Gasteiger charge is 2.42. The molecule has 2 atom stereocenters. The van der Waals surface area contributed by atoms with Gasteiger partial charge in [-0.15, -0.1) is 10.2 Å². The normalized spacial score (nSPS) is 20.5. The van der Waals surface area contributed by atoms with Gasteiger partial charge in [0.15, 0.2) is 0 Å². The first-order valence-electron chi connectivity index (χ1n) is 6.58. The summed E-state index contributed by atoms with van der Waals surface area (Å²) in [6, 6.07) is 7.17. The molecule has 3 rings (SSSR count). The van der Waals surface area contributed by atoms with Gasteiger partial charge in [-0.25, -0.2) is 0 Å². The molecule has 0 aliphatic carbocycles. The number of carbonyl (C=O) groups excluding carboxylic acids is 2. The fraction of sp³-hybridized carbons (Fsp3) is 0.286. The maximum Gasteiger partial charge on any atom is 0.307 e. The minimum atomic E-state index is -0.670. The number of aromatic nitrogens is 2. The second-order valence-electron chi connectivity index (χ2n) is 4.70. The monoisotopic (exact) mass is 319 g/mol. The summed E-state index contributed by atoms with van der Waals surface area (Å²) in [6.07, 6.45) is -0.649. The van der Waals surface area contributed by atoms with Crippen molar-refractivity contribution in [3.8, 4) is 5.75 Å². The number of anilines is 1. The summed E-state index contributed by atoms with van der Waals surface area (Å²) in [7, 11) is 1.53. The van der Waals surface area contributed by atoms with Crippen LogP contribution in [-0.4, -0.2) is 29.2 Å². The van der Waals surface area contributed by atoms with Crippen LogP contribution in [0.5, 0.6) is 5.75 Å². The third-order valence-corrected chi connectivity index (χ3v) is 3.99. The number of hydrogen-bond acceptors (Lipinski definition) is 7. The van der Waals surface area contributed by atoms with Gasteiger partial charge in [0.2, 0.25) is 11.0 Å². The predicted molar refractivity (Wildman–Crippen MR) is 78.5 cm³/mol. The number of rotatable bonds is 4. The van der Waals surface area contributed by atoms with Crippen LogP contribution in [0.25, 0.3) is 0 Å². The lowest BCUT2D eigenvalue weighted by Crippen LogP contribution is -2.25. The zero-order valence-electron chi connectivity index (χ0n) is 11.7. The molecule has 1 aliphatic heterocycles. The number of benzene rings is 1. The van der Waals surface area contributed by atoms with E-state index in [1.165, 1.54) is 24.0 Å². The maximum absolute atomic E-state index is 12.4. The zero-order chi connectivity index (χ0) is 15.5. The SMILES string of the molecule is COc1ccccc1C1OC(=O)CC1C(=O)Nc1nncs1. The molecular weight excluding hydrogens is 306 g/mol. The van der Waals surface area contributed by atoms with Crippen molar-refractivity contribution >= 4 is 28.3 Å². The molecule has 1 aromatic heterocycles. The number of nitrogens with zero attached hydrogens (tertiary/aromatic N) is 2. The Morgan fingerprint density at radius 3 is 3.00 bits per heavy atom. The number of nitrogens with one attached hydrogen (secondary N) is 1. The molecule has 1 N–H and O–H groups in total. The molecule has 114 valence electrons. The lowest BCUT2D eigenvalue weighted by atomic mass is 9.94. The van der Waals surface area contributed by atoms with Crippen molar-refractivity contribution in [3.05, 3.63) is 35.3 Å². The third kappa shape index (κ3) is 2.77. The van der Waals surface area contributed by atoms with Crippen LogP contribution in [0.2, 0.25) is 0 Å². The zero-order valence-corrected chi connectivity index (χ0v) is 12.5. The minimum absolute atomic E-state index is 0.0212. The van der Waals surface area contributed by atoms with Gasteiger partial charge in [0.1, 0.15) is 17.4 Å². The lowest BCUT2D eigenvalue weighted by Gasteiger charge is -2.19. The molecular formula is C14H13N3O4S. The first-order chi connectivity index (χ1) is 10.7. The van der Waals surface area contributed by atoms with Gasteiger partial charge in [-0.05, 0) is 6.07 Å². The first kappa shape index (κ1) is 14.5. The van der Waals surface area contributed by atoms with Crippen LogP contribution in [-0.2, 0) is 14.3 Å². The number of cyclic esters (lactones) is 1. The number of amides is 1. The van der Waals surface area contributed by atoms with Crippen molar-refractivity contribution in [1.82, 2.24) is 10.2 Å². The molecule has 7 nitrogen and oxygen atoms in total. The topological polar surface area (TPSA) is 90.4 Å². The number of methoxy groups -OCH3 is 1. The van der Waals surface area contributed by atoms with Gasteiger partial charge in [0.05, 0.1) is 19.4 Å². The Balaban J connectivity index is 1.86. The van der Waals surface area contributed by atoms with Crippen LogP contribution in [0.4, 0.5) is 5.13 Å². The van der Waals surface area contributed by atoms with E-state index >= 15 is 0 Å². The van der Waals surface area contributed by atoms with Gasteiger partial charge in [-0.2, -0.15) is 0 Å². The number of carbonyl (C=O) groups is 2. The molecule has 1 aromatic carbocycles. The van der Waals surface area contributed by atoms with E-state index in [1.54, 1.807) is 12.1 Å². The highest BCUT2D eigenvalue weighted by Crippen LogP contribution is 2.40. The average Bonchev–Trinajstić information content (AvgIpc) is 3.16. The summed E-state index contributed by atoms with van der Waals surface area (Å²) in [6.45, 7) is 0. The van der Waals surface area contributed by atoms with Crippen molar-refractivity contribution in [2.45, 2.75) is 12.5 Å². The molecule has 0 saturated carbocycles. The fourth-order valence-electron chi connectivity index (χ4n) is 2.40. The van der Waals surface area contributed by atoms with Crippen molar-refractivity contribution in [3.63, 3.8) is 0 Å². The Kier molecular flexibility index (Phi) is 4.01. The second-order valence-corrected chi connectivity index (χ2v) is 5.53. The average molecular weight is 319 g/mol. The summed E-state index contributed by atoms with van der Waals surface area (Å²) < 4.78 is 10.6. The van der Waals surface area contributed by atoms with Crippen molar-refractivity contribution < 1.29 is 19.1 Å². The van der Waals surface area contributed by atoms with Crippen LogP contribution in [0.1, 0.15) is 18.1 Å². The van der Waals surface area contributed by atoms with Gasteiger partial charge in [-0.3, -0.25) is 9.59 Å². The molecule has 2 unspecified atom stereocenters. The van der Waals surface area contributed by atoms with E-state index in [9.17, 15) is 9.59 Å². The van der Waals surface area contributed by atoms with Crippen molar-refractivity contribution in [1.29, 1.82) is 0 Å². The molecule has 0 bridgehead atoms. The molecule has 1 fully saturated rings. The third-order valence-electron chi connectivity index (χ3n) is 3.38. The van der Waals surface area contributed by atoms with E-state index in [4.69, 9.17) is 9.47 Å². The first-order valence-corrected chi connectivity index (χ1v) is 7.46. The fourth-order valence-corrected chi connectivity index (χ4v) is 2.84.